The van der Waals surface area contributed by atoms with E-state index < -0.39 is 5.31 Å². The van der Waals surface area contributed by atoms with Gasteiger partial charge in [0, 0.05) is 0 Å². The molecule has 0 atom stereocenters. The molecule has 0 aliphatic rings. The summed E-state index contributed by atoms with van der Waals surface area (Å²) in [6.07, 6.45) is 0.833. The second-order valence-electron chi connectivity index (χ2n) is 7.39. The van der Waals surface area contributed by atoms with Crippen LogP contribution in [0, 0.1) is 0 Å². The van der Waals surface area contributed by atoms with E-state index in [4.69, 9.17) is 4.74 Å². The van der Waals surface area contributed by atoms with Crippen LogP contribution in [0.1, 0.15) is 12.5 Å². The van der Waals surface area contributed by atoms with Crippen LogP contribution in [0.5, 0.6) is 5.75 Å². The topological polar surface area (TPSA) is 9.23 Å². The molecule has 0 unspecified atom stereocenters. The van der Waals surface area contributed by atoms with E-state index in [0.717, 1.165) is 11.9 Å². The first-order valence-electron chi connectivity index (χ1n) is 10.3. The summed E-state index contributed by atoms with van der Waals surface area (Å²) in [7, 11) is 0. The first-order valence-corrected chi connectivity index (χ1v) is 14.7. The molecule has 0 amide bonds. The van der Waals surface area contributed by atoms with Gasteiger partial charge in [0.2, 0.25) is 0 Å². The molecule has 0 spiro atoms. The van der Waals surface area contributed by atoms with Crippen molar-refractivity contribution in [2.24, 2.45) is 0 Å². The van der Waals surface area contributed by atoms with E-state index in [1.807, 2.05) is 13.0 Å². The molecule has 0 radical (unpaired) electrons. The molecular formula is C27H26BrOP. The van der Waals surface area contributed by atoms with Crippen LogP contribution in [0.4, 0.5) is 0 Å². The third-order valence-electron chi connectivity index (χ3n) is 5.62. The van der Waals surface area contributed by atoms with Gasteiger partial charge in [-0.3, -0.25) is 0 Å². The maximum atomic E-state index is 6.04. The molecule has 0 bridgehead atoms. The predicted octanol–water partition coefficient (Wildman–Crippen LogP) is 6.43. The van der Waals surface area contributed by atoms with E-state index in [0.29, 0.717) is 6.61 Å². The Hall–Kier alpha value is -2.41. The molecule has 0 aromatic heterocycles. The van der Waals surface area contributed by atoms with E-state index in [1.54, 1.807) is 0 Å². The van der Waals surface area contributed by atoms with Crippen LogP contribution in [0.2, 0.25) is 0 Å². The third kappa shape index (κ3) is 3.60. The van der Waals surface area contributed by atoms with Gasteiger partial charge in [0.1, 0.15) is 0 Å². The van der Waals surface area contributed by atoms with Crippen molar-refractivity contribution >= 4 is 36.7 Å². The normalized spacial score (nSPS) is 12.7. The van der Waals surface area contributed by atoms with E-state index in [9.17, 15) is 0 Å². The predicted molar refractivity (Wildman–Crippen MR) is 135 cm³/mol. The molecule has 0 aliphatic heterocycles. The van der Waals surface area contributed by atoms with Gasteiger partial charge in [0.05, 0.1) is 0 Å². The molecule has 1 nitrogen and oxygen atoms in total. The average Bonchev–Trinajstić information content (AvgIpc) is 2.82. The second kappa shape index (κ2) is 8.76. The zero-order valence-corrected chi connectivity index (χ0v) is 19.6. The SMILES string of the molecule is CCOc1ccccc1CP(Br)(c1ccccc1)(c1ccccc1)c1ccccc1. The standard InChI is InChI=1S/C27H26BrOP/c1-2-29-27-21-13-12-14-23(27)22-30(28,24-15-6-3-7-16-24,25-17-8-4-9-18-25)26-19-10-5-11-20-26/h3-21H,2,22H2,1H3. The van der Waals surface area contributed by atoms with Crippen LogP contribution in [-0.4, -0.2) is 6.61 Å². The Morgan fingerprint density at radius 1 is 0.600 bits per heavy atom. The van der Waals surface area contributed by atoms with Crippen molar-refractivity contribution in [1.29, 1.82) is 0 Å². The van der Waals surface area contributed by atoms with E-state index >= 15 is 0 Å². The quantitative estimate of drug-likeness (QED) is 0.279. The van der Waals surface area contributed by atoms with E-state index in [2.05, 4.69) is 125 Å². The molecule has 30 heavy (non-hydrogen) atoms. The van der Waals surface area contributed by atoms with Crippen LogP contribution in [0.3, 0.4) is 0 Å². The zero-order valence-electron chi connectivity index (χ0n) is 17.1. The Bertz CT molecular complexity index is 998. The van der Waals surface area contributed by atoms with E-state index in [1.165, 1.54) is 21.5 Å². The average molecular weight is 477 g/mol. The number of benzene rings is 4. The molecule has 0 N–H and O–H groups in total. The van der Waals surface area contributed by atoms with Gasteiger partial charge in [-0.25, -0.2) is 0 Å². The summed E-state index contributed by atoms with van der Waals surface area (Å²) < 4.78 is 6.04. The summed E-state index contributed by atoms with van der Waals surface area (Å²) in [5.74, 6) is 0.955. The molecule has 4 rings (SSSR count). The van der Waals surface area contributed by atoms with Gasteiger partial charge >= 0.3 is 188 Å². The number of hydrogen-bond acceptors (Lipinski definition) is 1. The molecular weight excluding hydrogens is 451 g/mol. The Morgan fingerprint density at radius 3 is 1.43 bits per heavy atom. The van der Waals surface area contributed by atoms with Crippen molar-refractivity contribution in [3.05, 3.63) is 121 Å². The summed E-state index contributed by atoms with van der Waals surface area (Å²) in [6.45, 7) is 2.69. The van der Waals surface area contributed by atoms with Gasteiger partial charge in [0.15, 0.2) is 0 Å². The van der Waals surface area contributed by atoms with Crippen LogP contribution >= 0.6 is 20.8 Å². The number of rotatable bonds is 7. The van der Waals surface area contributed by atoms with E-state index in [-0.39, 0.29) is 0 Å². The Balaban J connectivity index is 2.07. The van der Waals surface area contributed by atoms with Crippen molar-refractivity contribution < 1.29 is 4.74 Å². The summed E-state index contributed by atoms with van der Waals surface area (Å²) in [5.41, 5.74) is 1.21. The molecule has 3 heteroatoms. The van der Waals surface area contributed by atoms with Crippen molar-refractivity contribution in [2.75, 3.05) is 6.61 Å². The minimum atomic E-state index is -3.01. The number of ether oxygens (including phenoxy) is 1. The van der Waals surface area contributed by atoms with Gasteiger partial charge in [0.25, 0.3) is 0 Å². The molecule has 152 valence electrons. The number of para-hydroxylation sites is 1. The van der Waals surface area contributed by atoms with Gasteiger partial charge in [-0.05, 0) is 0 Å². The van der Waals surface area contributed by atoms with Gasteiger partial charge < -0.3 is 0 Å². The Labute approximate surface area is 187 Å². The van der Waals surface area contributed by atoms with Crippen LogP contribution in [0.15, 0.2) is 115 Å². The van der Waals surface area contributed by atoms with Crippen molar-refractivity contribution in [3.63, 3.8) is 0 Å². The summed E-state index contributed by atoms with van der Waals surface area (Å²) >= 11 is 4.51. The molecule has 0 fully saturated rings. The molecule has 0 heterocycles. The first kappa shape index (κ1) is 20.8. The van der Waals surface area contributed by atoms with Gasteiger partial charge in [-0.1, -0.05) is 0 Å². The molecule has 0 saturated carbocycles. The van der Waals surface area contributed by atoms with Gasteiger partial charge in [-0.2, -0.15) is 0 Å². The van der Waals surface area contributed by atoms with Gasteiger partial charge in [-0.15, -0.1) is 0 Å². The molecule has 4 aromatic rings. The second-order valence-corrected chi connectivity index (χ2v) is 16.3. The van der Waals surface area contributed by atoms with Crippen LogP contribution in [0.25, 0.3) is 0 Å². The maximum absolute atomic E-state index is 6.04. The first-order chi connectivity index (χ1) is 14.7. The van der Waals surface area contributed by atoms with Crippen molar-refractivity contribution in [2.45, 2.75) is 13.1 Å². The minimum absolute atomic E-state index is 0.650. The zero-order chi connectivity index (χ0) is 20.9. The van der Waals surface area contributed by atoms with Crippen molar-refractivity contribution in [3.8, 4) is 5.75 Å². The fourth-order valence-corrected chi connectivity index (χ4v) is 11.9. The number of halogens is 1. The Kier molecular flexibility index (Phi) is 6.09. The summed E-state index contributed by atoms with van der Waals surface area (Å²) in [6, 6.07) is 41.1. The van der Waals surface area contributed by atoms with Crippen LogP contribution < -0.4 is 20.7 Å². The molecule has 0 saturated heterocycles. The third-order valence-corrected chi connectivity index (χ3v) is 15.1. The Morgan fingerprint density at radius 2 is 1.00 bits per heavy atom. The summed E-state index contributed by atoms with van der Waals surface area (Å²) in [4.78, 5) is 0. The van der Waals surface area contributed by atoms with Crippen LogP contribution in [-0.2, 0) is 6.16 Å². The fraction of sp³-hybridized carbons (Fsp3) is 0.111. The fourth-order valence-electron chi connectivity index (χ4n) is 4.19. The molecule has 4 aromatic carbocycles. The number of hydrogen-bond donors (Lipinski definition) is 0. The van der Waals surface area contributed by atoms with Crippen molar-refractivity contribution in [1.82, 2.24) is 0 Å². The summed E-state index contributed by atoms with van der Waals surface area (Å²) in [5, 5.41) is 0.926. The molecule has 0 aliphatic carbocycles. The monoisotopic (exact) mass is 476 g/mol.